The van der Waals surface area contributed by atoms with E-state index in [2.05, 4.69) is 9.97 Å². The van der Waals surface area contributed by atoms with Crippen LogP contribution in [0.15, 0.2) is 30.6 Å². The van der Waals surface area contributed by atoms with Gasteiger partial charge >= 0.3 is 0 Å². The smallest absolute Gasteiger partial charge is 0.108 e. The molecule has 0 aliphatic rings. The third-order valence-electron chi connectivity index (χ3n) is 1.59. The Morgan fingerprint density at radius 1 is 1.31 bits per heavy atom. The monoisotopic (exact) mass is 210 g/mol. The second-order valence-corrected chi connectivity index (χ2v) is 3.85. The number of thiazole rings is 1. The van der Waals surface area contributed by atoms with Crippen LogP contribution in [-0.2, 0) is 5.88 Å². The maximum absolute atomic E-state index is 5.66. The van der Waals surface area contributed by atoms with E-state index in [4.69, 9.17) is 11.6 Å². The van der Waals surface area contributed by atoms with Gasteiger partial charge in [-0.3, -0.25) is 4.98 Å². The lowest BCUT2D eigenvalue weighted by molar-refractivity contribution is 1.26. The lowest BCUT2D eigenvalue weighted by Crippen LogP contribution is -1.75. The SMILES string of the molecule is ClCc1ncc(-c2ccccn2)s1. The van der Waals surface area contributed by atoms with Gasteiger partial charge in [0.2, 0.25) is 0 Å². The average molecular weight is 211 g/mol. The Labute approximate surface area is 85.2 Å². The molecule has 66 valence electrons. The summed E-state index contributed by atoms with van der Waals surface area (Å²) in [6.45, 7) is 0. The molecular formula is C9H7ClN2S. The van der Waals surface area contributed by atoms with Crippen LogP contribution in [0.3, 0.4) is 0 Å². The van der Waals surface area contributed by atoms with Crippen molar-refractivity contribution in [2.75, 3.05) is 0 Å². The maximum Gasteiger partial charge on any atom is 0.108 e. The topological polar surface area (TPSA) is 25.8 Å². The van der Waals surface area contributed by atoms with Crippen LogP contribution < -0.4 is 0 Å². The summed E-state index contributed by atoms with van der Waals surface area (Å²) < 4.78 is 0. The molecule has 2 nitrogen and oxygen atoms in total. The zero-order chi connectivity index (χ0) is 9.10. The first kappa shape index (κ1) is 8.66. The van der Waals surface area contributed by atoms with Crippen LogP contribution in [0.1, 0.15) is 5.01 Å². The van der Waals surface area contributed by atoms with Crippen LogP contribution >= 0.6 is 22.9 Å². The number of alkyl halides is 1. The van der Waals surface area contributed by atoms with Gasteiger partial charge in [0, 0.05) is 12.4 Å². The highest BCUT2D eigenvalue weighted by molar-refractivity contribution is 7.15. The quantitative estimate of drug-likeness (QED) is 0.713. The van der Waals surface area contributed by atoms with Gasteiger partial charge in [0.05, 0.1) is 16.5 Å². The van der Waals surface area contributed by atoms with Gasteiger partial charge in [-0.15, -0.1) is 22.9 Å². The van der Waals surface area contributed by atoms with Crippen LogP contribution in [-0.4, -0.2) is 9.97 Å². The minimum atomic E-state index is 0.470. The molecule has 13 heavy (non-hydrogen) atoms. The van der Waals surface area contributed by atoms with E-state index in [0.717, 1.165) is 15.6 Å². The van der Waals surface area contributed by atoms with Gasteiger partial charge in [0.1, 0.15) is 5.01 Å². The summed E-state index contributed by atoms with van der Waals surface area (Å²) in [5.41, 5.74) is 0.955. The van der Waals surface area contributed by atoms with Crippen molar-refractivity contribution >= 4 is 22.9 Å². The van der Waals surface area contributed by atoms with Crippen molar-refractivity contribution in [3.63, 3.8) is 0 Å². The molecule has 0 aromatic carbocycles. The largest absolute Gasteiger partial charge is 0.255 e. The van der Waals surface area contributed by atoms with Gasteiger partial charge in [-0.1, -0.05) is 6.07 Å². The Morgan fingerprint density at radius 2 is 2.23 bits per heavy atom. The van der Waals surface area contributed by atoms with E-state index in [9.17, 15) is 0 Å². The molecule has 0 unspecified atom stereocenters. The lowest BCUT2D eigenvalue weighted by Gasteiger charge is -1.91. The van der Waals surface area contributed by atoms with Crippen LogP contribution in [0.4, 0.5) is 0 Å². The summed E-state index contributed by atoms with van der Waals surface area (Å²) in [5.74, 6) is 0.470. The predicted molar refractivity (Wildman–Crippen MR) is 54.9 cm³/mol. The van der Waals surface area contributed by atoms with E-state index in [1.54, 1.807) is 17.5 Å². The average Bonchev–Trinajstić information content (AvgIpc) is 2.67. The van der Waals surface area contributed by atoms with E-state index in [1.165, 1.54) is 0 Å². The van der Waals surface area contributed by atoms with Crippen molar-refractivity contribution in [1.82, 2.24) is 9.97 Å². The normalized spacial score (nSPS) is 10.2. The molecule has 0 N–H and O–H groups in total. The Morgan fingerprint density at radius 3 is 2.85 bits per heavy atom. The highest BCUT2D eigenvalue weighted by Gasteiger charge is 2.03. The zero-order valence-electron chi connectivity index (χ0n) is 6.77. The minimum absolute atomic E-state index is 0.470. The van der Waals surface area contributed by atoms with E-state index in [-0.39, 0.29) is 0 Å². The van der Waals surface area contributed by atoms with E-state index < -0.39 is 0 Å². The first-order valence-electron chi connectivity index (χ1n) is 3.82. The molecule has 0 spiro atoms. The van der Waals surface area contributed by atoms with Crippen molar-refractivity contribution in [3.05, 3.63) is 35.6 Å². The van der Waals surface area contributed by atoms with Crippen LogP contribution in [0.2, 0.25) is 0 Å². The number of halogens is 1. The Kier molecular flexibility index (Phi) is 2.57. The minimum Gasteiger partial charge on any atom is -0.255 e. The molecule has 2 aromatic rings. The zero-order valence-corrected chi connectivity index (χ0v) is 8.35. The fraction of sp³-hybridized carbons (Fsp3) is 0.111. The summed E-state index contributed by atoms with van der Waals surface area (Å²) >= 11 is 7.24. The second kappa shape index (κ2) is 3.85. The van der Waals surface area contributed by atoms with Gasteiger partial charge in [-0.2, -0.15) is 0 Å². The summed E-state index contributed by atoms with van der Waals surface area (Å²) in [6.07, 6.45) is 3.58. The first-order valence-corrected chi connectivity index (χ1v) is 5.17. The fourth-order valence-corrected chi connectivity index (χ4v) is 1.98. The molecular weight excluding hydrogens is 204 g/mol. The summed E-state index contributed by atoms with van der Waals surface area (Å²) in [5, 5.41) is 0.933. The number of hydrogen-bond donors (Lipinski definition) is 0. The molecule has 0 saturated carbocycles. The third-order valence-corrected chi connectivity index (χ3v) is 3.02. The summed E-state index contributed by atoms with van der Waals surface area (Å²) in [7, 11) is 0. The summed E-state index contributed by atoms with van der Waals surface area (Å²) in [6, 6.07) is 5.82. The molecule has 0 radical (unpaired) electrons. The van der Waals surface area contributed by atoms with Crippen molar-refractivity contribution in [2.45, 2.75) is 5.88 Å². The predicted octanol–water partition coefficient (Wildman–Crippen LogP) is 2.94. The highest BCUT2D eigenvalue weighted by atomic mass is 35.5. The molecule has 2 aromatic heterocycles. The maximum atomic E-state index is 5.66. The molecule has 0 amide bonds. The van der Waals surface area contributed by atoms with E-state index >= 15 is 0 Å². The number of nitrogens with zero attached hydrogens (tertiary/aromatic N) is 2. The second-order valence-electron chi connectivity index (χ2n) is 2.47. The molecule has 0 aliphatic heterocycles. The summed E-state index contributed by atoms with van der Waals surface area (Å²) in [4.78, 5) is 9.45. The van der Waals surface area contributed by atoms with Gasteiger partial charge < -0.3 is 0 Å². The molecule has 0 aliphatic carbocycles. The van der Waals surface area contributed by atoms with Crippen molar-refractivity contribution in [2.24, 2.45) is 0 Å². The molecule has 0 fully saturated rings. The standard InChI is InChI=1S/C9H7ClN2S/c10-5-9-12-6-8(13-9)7-3-1-2-4-11-7/h1-4,6H,5H2. The number of pyridine rings is 1. The molecule has 4 heteroatoms. The van der Waals surface area contributed by atoms with Crippen molar-refractivity contribution < 1.29 is 0 Å². The van der Waals surface area contributed by atoms with E-state index in [0.29, 0.717) is 5.88 Å². The van der Waals surface area contributed by atoms with Gasteiger partial charge in [-0.25, -0.2) is 4.98 Å². The molecule has 0 atom stereocenters. The van der Waals surface area contributed by atoms with Crippen LogP contribution in [0, 0.1) is 0 Å². The van der Waals surface area contributed by atoms with Gasteiger partial charge in [0.25, 0.3) is 0 Å². The van der Waals surface area contributed by atoms with Crippen molar-refractivity contribution in [3.8, 4) is 10.6 Å². The van der Waals surface area contributed by atoms with Crippen LogP contribution in [0.25, 0.3) is 10.6 Å². The van der Waals surface area contributed by atoms with Crippen LogP contribution in [0.5, 0.6) is 0 Å². The molecule has 2 rings (SSSR count). The third kappa shape index (κ3) is 1.87. The molecule has 2 heterocycles. The van der Waals surface area contributed by atoms with Crippen molar-refractivity contribution in [1.29, 1.82) is 0 Å². The Hall–Kier alpha value is -0.930. The molecule has 0 bridgehead atoms. The van der Waals surface area contributed by atoms with Gasteiger partial charge in [0.15, 0.2) is 0 Å². The molecule has 0 saturated heterocycles. The Bertz CT molecular complexity index is 386. The number of hydrogen-bond acceptors (Lipinski definition) is 3. The van der Waals surface area contributed by atoms with Gasteiger partial charge in [-0.05, 0) is 12.1 Å². The van der Waals surface area contributed by atoms with E-state index in [1.807, 2.05) is 24.4 Å². The fourth-order valence-electron chi connectivity index (χ4n) is 0.999. The number of aromatic nitrogens is 2. The Balaban J connectivity index is 2.36. The number of rotatable bonds is 2. The lowest BCUT2D eigenvalue weighted by atomic mass is 10.3. The highest BCUT2D eigenvalue weighted by Crippen LogP contribution is 2.24. The first-order chi connectivity index (χ1) is 6.40.